The summed E-state index contributed by atoms with van der Waals surface area (Å²) in [5, 5.41) is 5.51. The summed E-state index contributed by atoms with van der Waals surface area (Å²) >= 11 is 0. The summed E-state index contributed by atoms with van der Waals surface area (Å²) in [5.74, 6) is -0.352. The normalized spacial score (nSPS) is 13.8. The fraction of sp³-hybridized carbons (Fsp3) is 0.600. The lowest BCUT2D eigenvalue weighted by atomic mass is 10.1. The molecule has 0 saturated heterocycles. The Hall–Kier alpha value is -2.09. The van der Waals surface area contributed by atoms with Gasteiger partial charge in [0.2, 0.25) is 5.91 Å². The van der Waals surface area contributed by atoms with E-state index in [2.05, 4.69) is 10.6 Å². The molecule has 1 aliphatic carbocycles. The van der Waals surface area contributed by atoms with Crippen LogP contribution in [0.15, 0.2) is 24.3 Å². The van der Waals surface area contributed by atoms with Crippen molar-refractivity contribution in [3.05, 3.63) is 29.8 Å². The SMILES string of the molecule is CCCCCS(=O)(=O)CC(=O)NCCc1ccc(OCC(=O)NC2CC2)cc1. The largest absolute Gasteiger partial charge is 0.484 e. The zero-order valence-corrected chi connectivity index (χ0v) is 17.2. The second-order valence-corrected chi connectivity index (χ2v) is 9.36. The maximum atomic E-state index is 11.9. The van der Waals surface area contributed by atoms with E-state index in [0.717, 1.165) is 31.2 Å². The fourth-order valence-corrected chi connectivity index (χ4v) is 3.93. The Morgan fingerprint density at radius 3 is 2.46 bits per heavy atom. The van der Waals surface area contributed by atoms with Crippen LogP contribution in [0.25, 0.3) is 0 Å². The van der Waals surface area contributed by atoms with Crippen LogP contribution in [-0.4, -0.2) is 50.9 Å². The number of unbranched alkanes of at least 4 members (excludes halogenated alkanes) is 2. The Labute approximate surface area is 167 Å². The van der Waals surface area contributed by atoms with Gasteiger partial charge in [-0.1, -0.05) is 31.9 Å². The number of nitrogens with one attached hydrogen (secondary N) is 2. The summed E-state index contributed by atoms with van der Waals surface area (Å²) in [6, 6.07) is 7.60. The molecule has 0 bridgehead atoms. The molecule has 2 N–H and O–H groups in total. The van der Waals surface area contributed by atoms with Crippen LogP contribution < -0.4 is 15.4 Å². The van der Waals surface area contributed by atoms with Crippen molar-refractivity contribution in [3.8, 4) is 5.75 Å². The van der Waals surface area contributed by atoms with Crippen LogP contribution in [0.3, 0.4) is 0 Å². The van der Waals surface area contributed by atoms with E-state index in [1.165, 1.54) is 0 Å². The van der Waals surface area contributed by atoms with Crippen LogP contribution in [0.5, 0.6) is 5.75 Å². The molecule has 156 valence electrons. The van der Waals surface area contributed by atoms with E-state index in [1.54, 1.807) is 12.1 Å². The average Bonchev–Trinajstić information content (AvgIpc) is 3.44. The maximum absolute atomic E-state index is 11.9. The predicted molar refractivity (Wildman–Crippen MR) is 108 cm³/mol. The van der Waals surface area contributed by atoms with Crippen LogP contribution in [0, 0.1) is 0 Å². The third kappa shape index (κ3) is 9.21. The number of carbonyl (C=O) groups is 2. The Morgan fingerprint density at radius 1 is 1.11 bits per heavy atom. The number of amides is 2. The Morgan fingerprint density at radius 2 is 1.82 bits per heavy atom. The van der Waals surface area contributed by atoms with Gasteiger partial charge in [-0.3, -0.25) is 9.59 Å². The van der Waals surface area contributed by atoms with E-state index in [9.17, 15) is 18.0 Å². The summed E-state index contributed by atoms with van der Waals surface area (Å²) in [7, 11) is -3.33. The highest BCUT2D eigenvalue weighted by atomic mass is 32.2. The van der Waals surface area contributed by atoms with Crippen molar-refractivity contribution in [2.75, 3.05) is 24.7 Å². The Balaban J connectivity index is 1.64. The maximum Gasteiger partial charge on any atom is 0.258 e. The molecule has 28 heavy (non-hydrogen) atoms. The van der Waals surface area contributed by atoms with Crippen LogP contribution in [0.2, 0.25) is 0 Å². The standard InChI is InChI=1S/C20H30N2O5S/c1-2-3-4-13-28(25,26)15-20(24)21-12-11-16-5-9-18(10-6-16)27-14-19(23)22-17-7-8-17/h5-6,9-10,17H,2-4,7-8,11-15H2,1H3,(H,21,24)(H,22,23). The van der Waals surface area contributed by atoms with Gasteiger partial charge in [0.05, 0.1) is 5.75 Å². The van der Waals surface area contributed by atoms with Gasteiger partial charge < -0.3 is 15.4 Å². The Kier molecular flexibility index (Phi) is 8.76. The lowest BCUT2D eigenvalue weighted by Crippen LogP contribution is -2.32. The fourth-order valence-electron chi connectivity index (χ4n) is 2.64. The smallest absolute Gasteiger partial charge is 0.258 e. The second-order valence-electron chi connectivity index (χ2n) is 7.17. The van der Waals surface area contributed by atoms with E-state index in [4.69, 9.17) is 4.74 Å². The minimum absolute atomic E-state index is 0.00136. The highest BCUT2D eigenvalue weighted by Gasteiger charge is 2.23. The molecule has 2 rings (SSSR count). The summed E-state index contributed by atoms with van der Waals surface area (Å²) in [4.78, 5) is 23.4. The van der Waals surface area contributed by atoms with Gasteiger partial charge in [-0.2, -0.15) is 0 Å². The highest BCUT2D eigenvalue weighted by Crippen LogP contribution is 2.18. The zero-order chi connectivity index (χ0) is 20.4. The molecule has 0 unspecified atom stereocenters. The third-order valence-electron chi connectivity index (χ3n) is 4.38. The van der Waals surface area contributed by atoms with Gasteiger partial charge >= 0.3 is 0 Å². The van der Waals surface area contributed by atoms with Crippen molar-refractivity contribution in [1.82, 2.24) is 10.6 Å². The van der Waals surface area contributed by atoms with Crippen molar-refractivity contribution < 1.29 is 22.7 Å². The molecule has 1 aromatic rings. The molecular formula is C20H30N2O5S. The molecule has 0 radical (unpaired) electrons. The van der Waals surface area contributed by atoms with Gasteiger partial charge in [0.15, 0.2) is 16.4 Å². The molecule has 1 aliphatic rings. The first kappa shape index (κ1) is 22.2. The van der Waals surface area contributed by atoms with E-state index >= 15 is 0 Å². The number of hydrogen-bond donors (Lipinski definition) is 2. The van der Waals surface area contributed by atoms with Crippen molar-refractivity contribution in [2.24, 2.45) is 0 Å². The molecule has 0 aliphatic heterocycles. The molecule has 0 aromatic heterocycles. The molecule has 1 saturated carbocycles. The van der Waals surface area contributed by atoms with Crippen molar-refractivity contribution in [3.63, 3.8) is 0 Å². The molecular weight excluding hydrogens is 380 g/mol. The zero-order valence-electron chi connectivity index (χ0n) is 16.4. The second kappa shape index (κ2) is 11.0. The van der Waals surface area contributed by atoms with Crippen LogP contribution in [0.4, 0.5) is 0 Å². The van der Waals surface area contributed by atoms with E-state index in [-0.39, 0.29) is 18.3 Å². The first-order chi connectivity index (χ1) is 13.4. The molecule has 0 spiro atoms. The number of sulfone groups is 1. The number of carbonyl (C=O) groups excluding carboxylic acids is 2. The van der Waals surface area contributed by atoms with Gasteiger partial charge in [-0.25, -0.2) is 8.42 Å². The summed E-state index contributed by atoms with van der Waals surface area (Å²) < 4.78 is 29.2. The molecule has 1 aromatic carbocycles. The van der Waals surface area contributed by atoms with E-state index in [0.29, 0.717) is 31.2 Å². The lowest BCUT2D eigenvalue weighted by molar-refractivity contribution is -0.123. The summed E-state index contributed by atoms with van der Waals surface area (Å²) in [5.41, 5.74) is 0.987. The summed E-state index contributed by atoms with van der Waals surface area (Å²) in [6.07, 6.45) is 5.07. The molecule has 7 nitrogen and oxygen atoms in total. The van der Waals surface area contributed by atoms with Crippen LogP contribution in [0.1, 0.15) is 44.6 Å². The minimum Gasteiger partial charge on any atom is -0.484 e. The van der Waals surface area contributed by atoms with Crippen molar-refractivity contribution in [1.29, 1.82) is 0 Å². The Bertz CT molecular complexity index is 742. The number of benzene rings is 1. The first-order valence-electron chi connectivity index (χ1n) is 9.86. The van der Waals surface area contributed by atoms with Gasteiger partial charge in [0, 0.05) is 12.6 Å². The summed E-state index contributed by atoms with van der Waals surface area (Å²) in [6.45, 7) is 2.37. The number of rotatable bonds is 13. The van der Waals surface area contributed by atoms with Crippen molar-refractivity contribution in [2.45, 2.75) is 51.5 Å². The highest BCUT2D eigenvalue weighted by molar-refractivity contribution is 7.92. The predicted octanol–water partition coefficient (Wildman–Crippen LogP) is 1.61. The van der Waals surface area contributed by atoms with E-state index in [1.807, 2.05) is 19.1 Å². The first-order valence-corrected chi connectivity index (χ1v) is 11.7. The molecule has 8 heteroatoms. The molecule has 2 amide bonds. The molecule has 1 fully saturated rings. The quantitative estimate of drug-likeness (QED) is 0.481. The van der Waals surface area contributed by atoms with Gasteiger partial charge in [-0.05, 0) is 43.4 Å². The van der Waals surface area contributed by atoms with Crippen molar-refractivity contribution >= 4 is 21.7 Å². The minimum atomic E-state index is -3.33. The number of hydrogen-bond acceptors (Lipinski definition) is 5. The van der Waals surface area contributed by atoms with Gasteiger partial charge in [0.1, 0.15) is 11.5 Å². The average molecular weight is 411 g/mol. The molecule has 0 atom stereocenters. The monoisotopic (exact) mass is 410 g/mol. The van der Waals surface area contributed by atoms with Gasteiger partial charge in [-0.15, -0.1) is 0 Å². The van der Waals surface area contributed by atoms with Crippen LogP contribution in [-0.2, 0) is 25.8 Å². The van der Waals surface area contributed by atoms with E-state index < -0.39 is 21.5 Å². The third-order valence-corrected chi connectivity index (χ3v) is 5.99. The molecule has 0 heterocycles. The lowest BCUT2D eigenvalue weighted by Gasteiger charge is -2.09. The topological polar surface area (TPSA) is 102 Å². The number of ether oxygens (including phenoxy) is 1. The van der Waals surface area contributed by atoms with Crippen LogP contribution >= 0.6 is 0 Å². The van der Waals surface area contributed by atoms with Gasteiger partial charge in [0.25, 0.3) is 5.91 Å².